The Hall–Kier alpha value is -3.50. The molecule has 2 saturated heterocycles. The number of ether oxygens (including phenoxy) is 1. The predicted molar refractivity (Wildman–Crippen MR) is 136 cm³/mol. The number of aromatic amines is 1. The number of carbonyl (C=O) groups excluding carboxylic acids is 1. The highest BCUT2D eigenvalue weighted by Gasteiger charge is 2.27. The molecule has 5 rings (SSSR count). The molecule has 0 radical (unpaired) electrons. The Morgan fingerprint density at radius 1 is 1.17 bits per heavy atom. The second kappa shape index (κ2) is 10.0. The normalized spacial score (nSPS) is 18.5. The van der Waals surface area contributed by atoms with Crippen LogP contribution in [0, 0.1) is 13.5 Å². The van der Waals surface area contributed by atoms with E-state index in [1.165, 1.54) is 5.56 Å². The number of aromatic nitrogens is 3. The molecule has 1 atom stereocenters. The molecule has 1 unspecified atom stereocenters. The van der Waals surface area contributed by atoms with Gasteiger partial charge in [0.2, 0.25) is 0 Å². The van der Waals surface area contributed by atoms with Crippen molar-refractivity contribution in [3.05, 3.63) is 69.3 Å². The summed E-state index contributed by atoms with van der Waals surface area (Å²) in [6.45, 7) is 12.4. The quantitative estimate of drug-likeness (QED) is 0.537. The second-order valence-corrected chi connectivity index (χ2v) is 9.57. The van der Waals surface area contributed by atoms with E-state index in [2.05, 4.69) is 40.2 Å². The first-order valence-corrected chi connectivity index (χ1v) is 12.5. The van der Waals surface area contributed by atoms with Crippen LogP contribution in [-0.2, 0) is 11.2 Å². The zero-order valence-corrected chi connectivity index (χ0v) is 20.5. The number of amides is 1. The zero-order chi connectivity index (χ0) is 24.4. The number of aryl methyl sites for hydroxylation is 2. The van der Waals surface area contributed by atoms with E-state index < -0.39 is 0 Å². The fourth-order valence-electron chi connectivity index (χ4n) is 5.25. The lowest BCUT2D eigenvalue weighted by molar-refractivity contribution is 0.0712. The van der Waals surface area contributed by atoms with E-state index in [9.17, 15) is 4.79 Å². The molecule has 0 saturated carbocycles. The molecule has 2 fully saturated rings. The lowest BCUT2D eigenvalue weighted by atomic mass is 9.88. The lowest BCUT2D eigenvalue weighted by Gasteiger charge is -2.32. The van der Waals surface area contributed by atoms with Crippen molar-refractivity contribution in [3.63, 3.8) is 0 Å². The van der Waals surface area contributed by atoms with Crippen LogP contribution in [0.15, 0.2) is 36.4 Å². The molecule has 7 heteroatoms. The maximum Gasteiger partial charge on any atom is 0.339 e. The molecule has 3 aromatic rings. The maximum absolute atomic E-state index is 13.6. The van der Waals surface area contributed by atoms with Gasteiger partial charge in [-0.1, -0.05) is 25.1 Å². The van der Waals surface area contributed by atoms with Crippen LogP contribution in [0.1, 0.15) is 70.9 Å². The number of hydrogen-bond donors (Lipinski definition) is 1. The van der Waals surface area contributed by atoms with Crippen LogP contribution < -0.4 is 0 Å². The van der Waals surface area contributed by atoms with E-state index in [1.54, 1.807) is 0 Å². The summed E-state index contributed by atoms with van der Waals surface area (Å²) in [6, 6.07) is 12.2. The molecule has 180 valence electrons. The zero-order valence-electron chi connectivity index (χ0n) is 20.5. The Labute approximate surface area is 206 Å². The SMILES string of the molecule is C#[N+]c1ccc(C2CCN(C(=O)c3cc(-c4n[nH]c(C5CCOC5)n4)c(CC)cc3C)CC2)cc1. The van der Waals surface area contributed by atoms with Crippen LogP contribution in [-0.4, -0.2) is 52.3 Å². The molecule has 2 aliphatic heterocycles. The van der Waals surface area contributed by atoms with Crippen LogP contribution in [0.3, 0.4) is 0 Å². The highest BCUT2D eigenvalue weighted by Crippen LogP contribution is 2.32. The third-order valence-corrected chi connectivity index (χ3v) is 7.42. The summed E-state index contributed by atoms with van der Waals surface area (Å²) in [6.07, 6.45) is 3.69. The Morgan fingerprint density at radius 3 is 2.60 bits per heavy atom. The van der Waals surface area contributed by atoms with Gasteiger partial charge in [0.1, 0.15) is 5.82 Å². The van der Waals surface area contributed by atoms with Gasteiger partial charge in [-0.2, -0.15) is 5.10 Å². The highest BCUT2D eigenvalue weighted by atomic mass is 16.5. The van der Waals surface area contributed by atoms with E-state index in [0.717, 1.165) is 79.1 Å². The third kappa shape index (κ3) is 4.71. The van der Waals surface area contributed by atoms with Gasteiger partial charge in [0.05, 0.1) is 6.61 Å². The molecule has 3 heterocycles. The predicted octanol–water partition coefficient (Wildman–Crippen LogP) is 5.46. The molecule has 0 aliphatic carbocycles. The largest absolute Gasteiger partial charge is 0.381 e. The molecule has 7 nitrogen and oxygen atoms in total. The Balaban J connectivity index is 1.34. The van der Waals surface area contributed by atoms with Crippen molar-refractivity contribution in [2.75, 3.05) is 26.3 Å². The number of carbonyl (C=O) groups is 1. The fraction of sp³-hybridized carbons (Fsp3) is 0.429. The second-order valence-electron chi connectivity index (χ2n) is 9.57. The first-order valence-electron chi connectivity index (χ1n) is 12.5. The number of nitrogens with zero attached hydrogens (tertiary/aromatic N) is 4. The van der Waals surface area contributed by atoms with Crippen molar-refractivity contribution in [3.8, 4) is 18.0 Å². The van der Waals surface area contributed by atoms with E-state index in [-0.39, 0.29) is 11.8 Å². The van der Waals surface area contributed by atoms with E-state index in [1.807, 2.05) is 30.0 Å². The van der Waals surface area contributed by atoms with Gasteiger partial charge in [0.25, 0.3) is 12.5 Å². The molecule has 0 bridgehead atoms. The number of nitrogens with one attached hydrogen (secondary N) is 1. The minimum atomic E-state index is 0.0853. The van der Waals surface area contributed by atoms with E-state index in [4.69, 9.17) is 16.3 Å². The minimum Gasteiger partial charge on any atom is -0.381 e. The molecule has 2 aromatic carbocycles. The lowest BCUT2D eigenvalue weighted by Crippen LogP contribution is -2.38. The Morgan fingerprint density at radius 2 is 1.94 bits per heavy atom. The molecule has 1 amide bonds. The summed E-state index contributed by atoms with van der Waals surface area (Å²) in [4.78, 5) is 24.1. The van der Waals surface area contributed by atoms with E-state index >= 15 is 0 Å². The van der Waals surface area contributed by atoms with Crippen LogP contribution in [0.4, 0.5) is 5.69 Å². The van der Waals surface area contributed by atoms with Crippen LogP contribution >= 0.6 is 0 Å². The molecule has 1 aromatic heterocycles. The first-order chi connectivity index (χ1) is 17.1. The van der Waals surface area contributed by atoms with Crippen molar-refractivity contribution in [2.45, 2.75) is 51.4 Å². The van der Waals surface area contributed by atoms with Crippen molar-refractivity contribution < 1.29 is 9.53 Å². The average Bonchev–Trinajstić information content (AvgIpc) is 3.61. The smallest absolute Gasteiger partial charge is 0.339 e. The number of benzene rings is 2. The van der Waals surface area contributed by atoms with Gasteiger partial charge in [0.15, 0.2) is 5.82 Å². The molecular weight excluding hydrogens is 438 g/mol. The van der Waals surface area contributed by atoms with Gasteiger partial charge in [-0.25, -0.2) is 4.98 Å². The third-order valence-electron chi connectivity index (χ3n) is 7.42. The van der Waals surface area contributed by atoms with Crippen molar-refractivity contribution in [1.29, 1.82) is 0 Å². The molecule has 35 heavy (non-hydrogen) atoms. The van der Waals surface area contributed by atoms with Crippen molar-refractivity contribution in [2.24, 2.45) is 0 Å². The number of H-pyrrole nitrogens is 1. The number of likely N-dealkylation sites (tertiary alicyclic amines) is 1. The van der Waals surface area contributed by atoms with Crippen molar-refractivity contribution >= 4 is 11.6 Å². The monoisotopic (exact) mass is 470 g/mol. The van der Waals surface area contributed by atoms with Gasteiger partial charge >= 0.3 is 5.69 Å². The molecular formula is C28H32N5O2+. The van der Waals surface area contributed by atoms with Gasteiger partial charge in [-0.3, -0.25) is 9.89 Å². The summed E-state index contributed by atoms with van der Waals surface area (Å²) >= 11 is 0. The summed E-state index contributed by atoms with van der Waals surface area (Å²) in [5.41, 5.74) is 5.88. The van der Waals surface area contributed by atoms with Gasteiger partial charge in [-0.15, -0.1) is 0 Å². The average molecular weight is 471 g/mol. The summed E-state index contributed by atoms with van der Waals surface area (Å²) in [5, 5.41) is 7.61. The Bertz CT molecular complexity index is 1240. The standard InChI is InChI=1S/C28H32N5O2/c1-4-19-15-18(2)24(16-25(19)27-30-26(31-32-27)22-11-14-35-17-22)28(34)33-12-9-21(10-13-33)20-5-7-23(29-3)8-6-20/h3,5-8,15-16,21-22H,4,9-14,17H2,1-2H3,(H,30,31,32)/q+1. The minimum absolute atomic E-state index is 0.0853. The first kappa shape index (κ1) is 23.3. The van der Waals surface area contributed by atoms with Gasteiger partial charge in [0, 0.05) is 48.9 Å². The van der Waals surface area contributed by atoms with E-state index in [0.29, 0.717) is 18.3 Å². The fourth-order valence-corrected chi connectivity index (χ4v) is 5.25. The van der Waals surface area contributed by atoms with Crippen LogP contribution in [0.25, 0.3) is 16.2 Å². The molecule has 0 spiro atoms. The highest BCUT2D eigenvalue weighted by molar-refractivity contribution is 5.97. The summed E-state index contributed by atoms with van der Waals surface area (Å²) in [7, 11) is 0. The number of rotatable bonds is 5. The number of piperidine rings is 1. The van der Waals surface area contributed by atoms with Gasteiger partial charge in [-0.05, 0) is 66.1 Å². The summed E-state index contributed by atoms with van der Waals surface area (Å²) in [5.74, 6) is 2.31. The van der Waals surface area contributed by atoms with Gasteiger partial charge < -0.3 is 9.64 Å². The van der Waals surface area contributed by atoms with Crippen LogP contribution in [0.2, 0.25) is 0 Å². The number of hydrogen-bond acceptors (Lipinski definition) is 4. The Kier molecular flexibility index (Phi) is 6.65. The topological polar surface area (TPSA) is 75.5 Å². The molecule has 2 aliphatic rings. The molecule has 1 N–H and O–H groups in total. The van der Waals surface area contributed by atoms with Crippen molar-refractivity contribution in [1.82, 2.24) is 20.1 Å². The maximum atomic E-state index is 13.6. The summed E-state index contributed by atoms with van der Waals surface area (Å²) < 4.78 is 5.50. The van der Waals surface area contributed by atoms with Crippen LogP contribution in [0.5, 0.6) is 0 Å².